The van der Waals surface area contributed by atoms with Gasteiger partial charge >= 0.3 is 0 Å². The van der Waals surface area contributed by atoms with E-state index >= 15 is 0 Å². The van der Waals surface area contributed by atoms with Gasteiger partial charge in [-0.05, 0) is 62.2 Å². The van der Waals surface area contributed by atoms with E-state index in [4.69, 9.17) is 4.98 Å². The Hall–Kier alpha value is -4.23. The summed E-state index contributed by atoms with van der Waals surface area (Å²) in [7, 11) is 0. The number of rotatable bonds is 7. The van der Waals surface area contributed by atoms with Gasteiger partial charge < -0.3 is 10.3 Å². The molecule has 0 aromatic carbocycles. The Balaban J connectivity index is 1.33. The Morgan fingerprint density at radius 3 is 2.84 bits per heavy atom. The highest BCUT2D eigenvalue weighted by atomic mass is 15.2. The van der Waals surface area contributed by atoms with Crippen LogP contribution in [0, 0.1) is 0 Å². The SMILES string of the molecule is C=C/C(=C\C(=C/C)c1cnc2n[nH]c(-c3cc4c([nH]3)CNC=C4c3cccnc3)c2c1)CN1CCCCC1. The molecule has 6 heterocycles. The van der Waals surface area contributed by atoms with Crippen LogP contribution in [0.4, 0.5) is 0 Å². The minimum atomic E-state index is 0.703. The summed E-state index contributed by atoms with van der Waals surface area (Å²) >= 11 is 0. The molecule has 0 radical (unpaired) electrons. The van der Waals surface area contributed by atoms with Crippen molar-refractivity contribution in [2.24, 2.45) is 0 Å². The quantitative estimate of drug-likeness (QED) is 0.276. The first kappa shape index (κ1) is 24.1. The number of aromatic amines is 2. The first-order chi connectivity index (χ1) is 18.7. The van der Waals surface area contributed by atoms with Crippen LogP contribution in [0.3, 0.4) is 0 Å². The van der Waals surface area contributed by atoms with Crippen molar-refractivity contribution < 1.29 is 0 Å². The number of pyridine rings is 2. The summed E-state index contributed by atoms with van der Waals surface area (Å²) in [5.74, 6) is 0. The number of nitrogens with zero attached hydrogens (tertiary/aromatic N) is 4. The molecule has 4 aromatic heterocycles. The third kappa shape index (κ3) is 4.73. The van der Waals surface area contributed by atoms with E-state index in [0.29, 0.717) is 5.65 Å². The number of aromatic nitrogens is 5. The molecule has 192 valence electrons. The highest BCUT2D eigenvalue weighted by Crippen LogP contribution is 2.34. The highest BCUT2D eigenvalue weighted by molar-refractivity contribution is 5.94. The lowest BCUT2D eigenvalue weighted by molar-refractivity contribution is 0.248. The van der Waals surface area contributed by atoms with E-state index in [9.17, 15) is 0 Å². The Kier molecular flexibility index (Phi) is 6.75. The van der Waals surface area contributed by atoms with Crippen LogP contribution in [0.25, 0.3) is 33.6 Å². The van der Waals surface area contributed by atoms with Crippen LogP contribution in [0.2, 0.25) is 0 Å². The molecule has 6 rings (SSSR count). The van der Waals surface area contributed by atoms with Gasteiger partial charge in [-0.25, -0.2) is 4.98 Å². The zero-order valence-corrected chi connectivity index (χ0v) is 21.8. The van der Waals surface area contributed by atoms with Gasteiger partial charge in [0.2, 0.25) is 0 Å². The van der Waals surface area contributed by atoms with Gasteiger partial charge in [-0.3, -0.25) is 15.0 Å². The molecule has 7 heteroatoms. The van der Waals surface area contributed by atoms with Gasteiger partial charge in [0.15, 0.2) is 5.65 Å². The van der Waals surface area contributed by atoms with Crippen molar-refractivity contribution in [3.8, 4) is 11.4 Å². The lowest BCUT2D eigenvalue weighted by atomic mass is 9.98. The van der Waals surface area contributed by atoms with Crippen molar-refractivity contribution in [1.29, 1.82) is 0 Å². The Morgan fingerprint density at radius 2 is 2.05 bits per heavy atom. The molecule has 0 unspecified atom stereocenters. The molecule has 38 heavy (non-hydrogen) atoms. The number of H-pyrrole nitrogens is 2. The van der Waals surface area contributed by atoms with Crippen molar-refractivity contribution in [3.05, 3.63) is 102 Å². The van der Waals surface area contributed by atoms with E-state index < -0.39 is 0 Å². The summed E-state index contributed by atoms with van der Waals surface area (Å²) in [6.07, 6.45) is 17.9. The van der Waals surface area contributed by atoms with Crippen molar-refractivity contribution in [2.75, 3.05) is 19.6 Å². The van der Waals surface area contributed by atoms with Gasteiger partial charge in [0.25, 0.3) is 0 Å². The molecular weight excluding hydrogens is 470 g/mol. The summed E-state index contributed by atoms with van der Waals surface area (Å²) < 4.78 is 0. The first-order valence-electron chi connectivity index (χ1n) is 13.4. The third-order valence-electron chi connectivity index (χ3n) is 7.47. The van der Waals surface area contributed by atoms with Crippen LogP contribution >= 0.6 is 0 Å². The summed E-state index contributed by atoms with van der Waals surface area (Å²) in [6.45, 7) is 10.2. The van der Waals surface area contributed by atoms with Gasteiger partial charge in [-0.15, -0.1) is 0 Å². The first-order valence-corrected chi connectivity index (χ1v) is 13.4. The summed E-state index contributed by atoms with van der Waals surface area (Å²) in [5, 5.41) is 12.1. The number of nitrogens with one attached hydrogen (secondary N) is 3. The lowest BCUT2D eigenvalue weighted by Gasteiger charge is -2.26. The standard InChI is InChI=1S/C31H33N7/c1-3-21(20-38-11-6-5-7-12-38)13-22(4-2)24-14-26-30(36-37-31(26)34-17-24)28-15-25-27(18-33-19-29(25)35-28)23-9-8-10-32-16-23/h3-4,8-10,13-18,33,35H,1,5-7,11-12,19-20H2,2H3,(H,34,36,37)/b21-13+,22-4+. The van der Waals surface area contributed by atoms with E-state index in [1.165, 1.54) is 30.4 Å². The van der Waals surface area contributed by atoms with Crippen molar-refractivity contribution in [2.45, 2.75) is 32.7 Å². The highest BCUT2D eigenvalue weighted by Gasteiger charge is 2.20. The molecule has 1 fully saturated rings. The molecule has 0 aliphatic carbocycles. The van der Waals surface area contributed by atoms with E-state index in [0.717, 1.165) is 70.9 Å². The molecule has 0 spiro atoms. The predicted octanol–water partition coefficient (Wildman–Crippen LogP) is 5.84. The number of allylic oxidation sites excluding steroid dienone is 3. The van der Waals surface area contributed by atoms with Crippen LogP contribution in [-0.2, 0) is 6.54 Å². The second-order valence-corrected chi connectivity index (χ2v) is 9.95. The maximum Gasteiger partial charge on any atom is 0.181 e. The van der Waals surface area contributed by atoms with E-state index in [2.05, 4.69) is 80.4 Å². The fourth-order valence-corrected chi connectivity index (χ4v) is 5.45. The molecule has 4 aromatic rings. The number of hydrogen-bond acceptors (Lipinski definition) is 5. The number of fused-ring (bicyclic) bond motifs is 2. The molecule has 0 atom stereocenters. The molecule has 0 bridgehead atoms. The van der Waals surface area contributed by atoms with Gasteiger partial charge in [0.1, 0.15) is 0 Å². The van der Waals surface area contributed by atoms with Crippen LogP contribution in [0.5, 0.6) is 0 Å². The maximum atomic E-state index is 4.69. The zero-order chi connectivity index (χ0) is 25.9. The van der Waals surface area contributed by atoms with Crippen LogP contribution in [-0.4, -0.2) is 49.7 Å². The van der Waals surface area contributed by atoms with Crippen molar-refractivity contribution >= 4 is 22.2 Å². The summed E-state index contributed by atoms with van der Waals surface area (Å²) in [4.78, 5) is 15.1. The minimum Gasteiger partial charge on any atom is -0.385 e. The topological polar surface area (TPSA) is 85.5 Å². The summed E-state index contributed by atoms with van der Waals surface area (Å²) in [5.41, 5.74) is 10.6. The smallest absolute Gasteiger partial charge is 0.181 e. The maximum absolute atomic E-state index is 4.69. The van der Waals surface area contributed by atoms with Gasteiger partial charge in [0, 0.05) is 64.7 Å². The molecule has 7 nitrogen and oxygen atoms in total. The number of piperidine rings is 1. The Bertz CT molecular complexity index is 1550. The second-order valence-electron chi connectivity index (χ2n) is 9.95. The van der Waals surface area contributed by atoms with Gasteiger partial charge in [-0.1, -0.05) is 37.3 Å². The fraction of sp³-hybridized carbons (Fsp3) is 0.258. The molecule has 2 aliphatic rings. The second kappa shape index (κ2) is 10.6. The average molecular weight is 504 g/mol. The molecule has 3 N–H and O–H groups in total. The molecule has 2 aliphatic heterocycles. The van der Waals surface area contributed by atoms with Crippen molar-refractivity contribution in [1.82, 2.24) is 35.4 Å². The minimum absolute atomic E-state index is 0.703. The fourth-order valence-electron chi connectivity index (χ4n) is 5.45. The molecular formula is C31H33N7. The summed E-state index contributed by atoms with van der Waals surface area (Å²) in [6, 6.07) is 8.42. The molecule has 0 amide bonds. The van der Waals surface area contributed by atoms with Crippen LogP contribution < -0.4 is 5.32 Å². The average Bonchev–Trinajstić information content (AvgIpc) is 3.60. The van der Waals surface area contributed by atoms with E-state index in [1.807, 2.05) is 24.5 Å². The van der Waals surface area contributed by atoms with Gasteiger partial charge in [-0.2, -0.15) is 5.10 Å². The predicted molar refractivity (Wildman–Crippen MR) is 154 cm³/mol. The van der Waals surface area contributed by atoms with E-state index in [1.54, 1.807) is 6.20 Å². The molecule has 0 saturated carbocycles. The number of hydrogen-bond donors (Lipinski definition) is 3. The third-order valence-corrected chi connectivity index (χ3v) is 7.47. The number of likely N-dealkylation sites (tertiary alicyclic amines) is 1. The van der Waals surface area contributed by atoms with Crippen molar-refractivity contribution in [3.63, 3.8) is 0 Å². The Morgan fingerprint density at radius 1 is 1.16 bits per heavy atom. The van der Waals surface area contributed by atoms with Gasteiger partial charge in [0.05, 0.1) is 17.9 Å². The lowest BCUT2D eigenvalue weighted by Crippen LogP contribution is -2.31. The zero-order valence-electron chi connectivity index (χ0n) is 21.8. The monoisotopic (exact) mass is 503 g/mol. The van der Waals surface area contributed by atoms with Crippen LogP contribution in [0.1, 0.15) is 48.6 Å². The normalized spacial score (nSPS) is 16.7. The van der Waals surface area contributed by atoms with E-state index in [-0.39, 0.29) is 0 Å². The molecule has 1 saturated heterocycles. The van der Waals surface area contributed by atoms with Crippen LogP contribution in [0.15, 0.2) is 79.4 Å². The Labute approximate surface area is 223 Å². The largest absolute Gasteiger partial charge is 0.385 e.